The molecule has 2 unspecified atom stereocenters. The van der Waals surface area contributed by atoms with E-state index in [1.165, 1.54) is 12.8 Å². The summed E-state index contributed by atoms with van der Waals surface area (Å²) in [4.78, 5) is 0. The zero-order chi connectivity index (χ0) is 13.7. The standard InChI is InChI=1S/C15H23NO3/c1-17-12-7-13(18-2)9-14(8-12)19-15-6-4-3-5-11(15)10-16/h7-9,11,15H,3-6,10,16H2,1-2H3. The third kappa shape index (κ3) is 3.53. The van der Waals surface area contributed by atoms with Crippen LogP contribution >= 0.6 is 0 Å². The summed E-state index contributed by atoms with van der Waals surface area (Å²) in [6, 6.07) is 5.63. The first-order valence-corrected chi connectivity index (χ1v) is 6.86. The SMILES string of the molecule is COc1cc(OC)cc(OC2CCCCC2CN)c1. The van der Waals surface area contributed by atoms with Gasteiger partial charge in [0.05, 0.1) is 14.2 Å². The predicted octanol–water partition coefficient (Wildman–Crippen LogP) is 2.60. The highest BCUT2D eigenvalue weighted by molar-refractivity contribution is 5.42. The van der Waals surface area contributed by atoms with Gasteiger partial charge < -0.3 is 19.9 Å². The normalized spacial score (nSPS) is 22.9. The van der Waals surface area contributed by atoms with Crippen LogP contribution in [0.25, 0.3) is 0 Å². The Morgan fingerprint density at radius 3 is 2.16 bits per heavy atom. The molecule has 1 aliphatic rings. The van der Waals surface area contributed by atoms with E-state index in [-0.39, 0.29) is 6.10 Å². The van der Waals surface area contributed by atoms with E-state index in [1.54, 1.807) is 14.2 Å². The minimum Gasteiger partial charge on any atom is -0.496 e. The van der Waals surface area contributed by atoms with Crippen molar-refractivity contribution in [3.05, 3.63) is 18.2 Å². The molecule has 0 amide bonds. The summed E-state index contributed by atoms with van der Waals surface area (Å²) >= 11 is 0. The lowest BCUT2D eigenvalue weighted by Gasteiger charge is -2.31. The number of benzene rings is 1. The van der Waals surface area contributed by atoms with Gasteiger partial charge in [-0.25, -0.2) is 0 Å². The van der Waals surface area contributed by atoms with Gasteiger partial charge in [0, 0.05) is 24.1 Å². The molecular weight excluding hydrogens is 242 g/mol. The second-order valence-electron chi connectivity index (χ2n) is 4.98. The Labute approximate surface area is 114 Å². The maximum atomic E-state index is 6.10. The third-order valence-corrected chi connectivity index (χ3v) is 3.75. The number of hydrogen-bond acceptors (Lipinski definition) is 4. The Balaban J connectivity index is 2.12. The third-order valence-electron chi connectivity index (χ3n) is 3.75. The largest absolute Gasteiger partial charge is 0.496 e. The summed E-state index contributed by atoms with van der Waals surface area (Å²) in [6.07, 6.45) is 4.89. The smallest absolute Gasteiger partial charge is 0.127 e. The molecule has 0 radical (unpaired) electrons. The summed E-state index contributed by atoms with van der Waals surface area (Å²) in [5.74, 6) is 2.73. The summed E-state index contributed by atoms with van der Waals surface area (Å²) < 4.78 is 16.6. The van der Waals surface area contributed by atoms with E-state index < -0.39 is 0 Å². The lowest BCUT2D eigenvalue weighted by atomic mass is 9.86. The second kappa shape index (κ2) is 6.66. The van der Waals surface area contributed by atoms with Gasteiger partial charge in [0.2, 0.25) is 0 Å². The number of ether oxygens (including phenoxy) is 3. The molecule has 0 saturated heterocycles. The predicted molar refractivity (Wildman–Crippen MR) is 75.0 cm³/mol. The van der Waals surface area contributed by atoms with Crippen LogP contribution in [0.15, 0.2) is 18.2 Å². The molecule has 2 N–H and O–H groups in total. The lowest BCUT2D eigenvalue weighted by Crippen LogP contribution is -2.35. The number of nitrogens with two attached hydrogens (primary N) is 1. The van der Waals surface area contributed by atoms with Crippen molar-refractivity contribution in [3.8, 4) is 17.2 Å². The first-order valence-electron chi connectivity index (χ1n) is 6.86. The molecule has 2 rings (SSSR count). The average Bonchev–Trinajstić information content (AvgIpc) is 2.47. The quantitative estimate of drug-likeness (QED) is 0.889. The highest BCUT2D eigenvalue weighted by Gasteiger charge is 2.25. The van der Waals surface area contributed by atoms with Crippen LogP contribution in [0.3, 0.4) is 0 Å². The Kier molecular flexibility index (Phi) is 4.91. The molecule has 2 atom stereocenters. The van der Waals surface area contributed by atoms with Crippen LogP contribution in [-0.2, 0) is 0 Å². The number of methoxy groups -OCH3 is 2. The van der Waals surface area contributed by atoms with Gasteiger partial charge in [-0.05, 0) is 25.8 Å². The van der Waals surface area contributed by atoms with Crippen molar-refractivity contribution >= 4 is 0 Å². The van der Waals surface area contributed by atoms with Crippen LogP contribution in [0, 0.1) is 5.92 Å². The van der Waals surface area contributed by atoms with Gasteiger partial charge in [-0.2, -0.15) is 0 Å². The molecule has 106 valence electrons. The van der Waals surface area contributed by atoms with Crippen LogP contribution < -0.4 is 19.9 Å². The van der Waals surface area contributed by atoms with Gasteiger partial charge >= 0.3 is 0 Å². The van der Waals surface area contributed by atoms with E-state index in [0.717, 1.165) is 30.1 Å². The monoisotopic (exact) mass is 265 g/mol. The van der Waals surface area contributed by atoms with Crippen LogP contribution in [0.2, 0.25) is 0 Å². The molecule has 0 spiro atoms. The Morgan fingerprint density at radius 1 is 1.00 bits per heavy atom. The highest BCUT2D eigenvalue weighted by atomic mass is 16.5. The maximum absolute atomic E-state index is 6.10. The Morgan fingerprint density at radius 2 is 1.58 bits per heavy atom. The second-order valence-corrected chi connectivity index (χ2v) is 4.98. The molecular formula is C15H23NO3. The van der Waals surface area contributed by atoms with Crippen LogP contribution in [0.1, 0.15) is 25.7 Å². The fraction of sp³-hybridized carbons (Fsp3) is 0.600. The topological polar surface area (TPSA) is 53.7 Å². The summed E-state index contributed by atoms with van der Waals surface area (Å²) in [5, 5.41) is 0. The van der Waals surface area contributed by atoms with Crippen molar-refractivity contribution in [2.24, 2.45) is 11.7 Å². The first-order chi connectivity index (χ1) is 9.26. The van der Waals surface area contributed by atoms with Gasteiger partial charge in [-0.3, -0.25) is 0 Å². The van der Waals surface area contributed by atoms with Gasteiger partial charge in [0.15, 0.2) is 0 Å². The average molecular weight is 265 g/mol. The van der Waals surface area contributed by atoms with E-state index in [2.05, 4.69) is 0 Å². The summed E-state index contributed by atoms with van der Waals surface area (Å²) in [5.41, 5.74) is 5.83. The molecule has 1 fully saturated rings. The van der Waals surface area contributed by atoms with Crippen molar-refractivity contribution in [2.75, 3.05) is 20.8 Å². The van der Waals surface area contributed by atoms with Crippen molar-refractivity contribution in [1.82, 2.24) is 0 Å². The Hall–Kier alpha value is -1.42. The molecule has 1 aromatic carbocycles. The highest BCUT2D eigenvalue weighted by Crippen LogP contribution is 2.32. The molecule has 0 aliphatic heterocycles. The van der Waals surface area contributed by atoms with Crippen molar-refractivity contribution in [2.45, 2.75) is 31.8 Å². The number of rotatable bonds is 5. The van der Waals surface area contributed by atoms with Gasteiger partial charge in [0.1, 0.15) is 23.4 Å². The van der Waals surface area contributed by atoms with Crippen molar-refractivity contribution < 1.29 is 14.2 Å². The molecule has 4 nitrogen and oxygen atoms in total. The van der Waals surface area contributed by atoms with Gasteiger partial charge in [-0.15, -0.1) is 0 Å². The number of hydrogen-bond donors (Lipinski definition) is 1. The van der Waals surface area contributed by atoms with Crippen molar-refractivity contribution in [1.29, 1.82) is 0 Å². The van der Waals surface area contributed by atoms with Crippen LogP contribution in [0.5, 0.6) is 17.2 Å². The zero-order valence-corrected chi connectivity index (χ0v) is 11.7. The van der Waals surface area contributed by atoms with E-state index in [1.807, 2.05) is 18.2 Å². The van der Waals surface area contributed by atoms with E-state index >= 15 is 0 Å². The molecule has 4 heteroatoms. The summed E-state index contributed by atoms with van der Waals surface area (Å²) in [6.45, 7) is 0.686. The van der Waals surface area contributed by atoms with Gasteiger partial charge in [0.25, 0.3) is 0 Å². The van der Waals surface area contributed by atoms with Gasteiger partial charge in [-0.1, -0.05) is 6.42 Å². The molecule has 0 heterocycles. The molecule has 1 aliphatic carbocycles. The van der Waals surface area contributed by atoms with Crippen LogP contribution in [-0.4, -0.2) is 26.9 Å². The van der Waals surface area contributed by atoms with Crippen LogP contribution in [0.4, 0.5) is 0 Å². The molecule has 1 saturated carbocycles. The summed E-state index contributed by atoms with van der Waals surface area (Å²) in [7, 11) is 3.28. The minimum absolute atomic E-state index is 0.204. The first kappa shape index (κ1) is 14.0. The zero-order valence-electron chi connectivity index (χ0n) is 11.7. The molecule has 0 aromatic heterocycles. The lowest BCUT2D eigenvalue weighted by molar-refractivity contribution is 0.0965. The molecule has 0 bridgehead atoms. The maximum Gasteiger partial charge on any atom is 0.127 e. The minimum atomic E-state index is 0.204. The fourth-order valence-corrected chi connectivity index (χ4v) is 2.62. The van der Waals surface area contributed by atoms with E-state index in [4.69, 9.17) is 19.9 Å². The van der Waals surface area contributed by atoms with E-state index in [9.17, 15) is 0 Å². The van der Waals surface area contributed by atoms with Crippen molar-refractivity contribution in [3.63, 3.8) is 0 Å². The fourth-order valence-electron chi connectivity index (χ4n) is 2.62. The molecule has 19 heavy (non-hydrogen) atoms. The molecule has 1 aromatic rings. The van der Waals surface area contributed by atoms with E-state index in [0.29, 0.717) is 12.5 Å². The Bertz CT molecular complexity index is 386.